The molecule has 2 nitrogen and oxygen atoms in total. The summed E-state index contributed by atoms with van der Waals surface area (Å²) in [4.78, 5) is 0. The molecule has 102 valence electrons. The highest BCUT2D eigenvalue weighted by molar-refractivity contribution is 5.43. The summed E-state index contributed by atoms with van der Waals surface area (Å²) in [5.74, 6) is 1.49. The summed E-state index contributed by atoms with van der Waals surface area (Å²) in [6.45, 7) is 9.51. The number of rotatable bonds is 6. The topological polar surface area (TPSA) is 35.2 Å². The first-order chi connectivity index (χ1) is 8.48. The quantitative estimate of drug-likeness (QED) is 0.831. The minimum Gasteiger partial charge on any atom is -0.496 e. The van der Waals surface area contributed by atoms with Crippen LogP contribution in [0, 0.1) is 0 Å². The maximum atomic E-state index is 6.02. The van der Waals surface area contributed by atoms with Crippen LogP contribution in [-0.2, 0) is 5.41 Å². The Kier molecular flexibility index (Phi) is 5.21. The monoisotopic (exact) mass is 249 g/mol. The highest BCUT2D eigenvalue weighted by Crippen LogP contribution is 2.36. The van der Waals surface area contributed by atoms with E-state index in [1.807, 2.05) is 0 Å². The molecule has 0 radical (unpaired) electrons. The molecule has 0 heterocycles. The van der Waals surface area contributed by atoms with Gasteiger partial charge in [0, 0.05) is 17.5 Å². The third-order valence-electron chi connectivity index (χ3n) is 3.79. The van der Waals surface area contributed by atoms with Crippen molar-refractivity contribution in [3.05, 3.63) is 29.3 Å². The van der Waals surface area contributed by atoms with E-state index in [0.29, 0.717) is 12.5 Å². The first-order valence-corrected chi connectivity index (χ1v) is 6.87. The van der Waals surface area contributed by atoms with Gasteiger partial charge in [-0.3, -0.25) is 0 Å². The number of hydrogen-bond donors (Lipinski definition) is 1. The third-order valence-corrected chi connectivity index (χ3v) is 3.79. The van der Waals surface area contributed by atoms with E-state index in [0.717, 1.165) is 18.6 Å². The smallest absolute Gasteiger partial charge is 0.122 e. The zero-order valence-electron chi connectivity index (χ0n) is 12.4. The zero-order chi connectivity index (χ0) is 13.8. The number of ether oxygens (including phenoxy) is 1. The van der Waals surface area contributed by atoms with E-state index in [9.17, 15) is 0 Å². The summed E-state index contributed by atoms with van der Waals surface area (Å²) < 4.78 is 5.52. The molecule has 18 heavy (non-hydrogen) atoms. The second kappa shape index (κ2) is 6.24. The fourth-order valence-corrected chi connectivity index (χ4v) is 2.45. The Hall–Kier alpha value is -1.02. The van der Waals surface area contributed by atoms with Gasteiger partial charge >= 0.3 is 0 Å². The number of methoxy groups -OCH3 is 1. The van der Waals surface area contributed by atoms with Gasteiger partial charge in [0.2, 0.25) is 0 Å². The van der Waals surface area contributed by atoms with Crippen molar-refractivity contribution in [2.24, 2.45) is 5.73 Å². The van der Waals surface area contributed by atoms with Gasteiger partial charge in [0.1, 0.15) is 5.75 Å². The van der Waals surface area contributed by atoms with Crippen LogP contribution >= 0.6 is 0 Å². The largest absolute Gasteiger partial charge is 0.496 e. The van der Waals surface area contributed by atoms with Crippen LogP contribution < -0.4 is 10.5 Å². The molecule has 1 unspecified atom stereocenters. The van der Waals surface area contributed by atoms with Crippen molar-refractivity contribution >= 4 is 0 Å². The maximum Gasteiger partial charge on any atom is 0.122 e. The molecule has 2 heteroatoms. The van der Waals surface area contributed by atoms with Crippen LogP contribution in [-0.4, -0.2) is 13.7 Å². The summed E-state index contributed by atoms with van der Waals surface area (Å²) in [6, 6.07) is 6.50. The summed E-state index contributed by atoms with van der Waals surface area (Å²) in [6.07, 6.45) is 2.21. The van der Waals surface area contributed by atoms with Gasteiger partial charge < -0.3 is 10.5 Å². The predicted octanol–water partition coefficient (Wildman–Crippen LogP) is 3.84. The Morgan fingerprint density at radius 3 is 2.44 bits per heavy atom. The molecule has 1 aromatic carbocycles. The molecule has 0 spiro atoms. The Labute approximate surface area is 112 Å². The van der Waals surface area contributed by atoms with Crippen molar-refractivity contribution in [1.82, 2.24) is 0 Å². The highest BCUT2D eigenvalue weighted by Gasteiger charge is 2.27. The average Bonchev–Trinajstić information content (AvgIpc) is 2.38. The van der Waals surface area contributed by atoms with Crippen LogP contribution in [0.5, 0.6) is 5.75 Å². The van der Waals surface area contributed by atoms with Crippen molar-refractivity contribution in [3.63, 3.8) is 0 Å². The van der Waals surface area contributed by atoms with Crippen LogP contribution in [0.25, 0.3) is 0 Å². The van der Waals surface area contributed by atoms with E-state index in [2.05, 4.69) is 45.9 Å². The molecule has 0 aromatic heterocycles. The van der Waals surface area contributed by atoms with Gasteiger partial charge in [0.15, 0.2) is 0 Å². The lowest BCUT2D eigenvalue weighted by atomic mass is 9.77. The lowest BCUT2D eigenvalue weighted by Gasteiger charge is -2.30. The van der Waals surface area contributed by atoms with Gasteiger partial charge in [0.25, 0.3) is 0 Å². The van der Waals surface area contributed by atoms with Crippen LogP contribution in [0.15, 0.2) is 18.2 Å². The van der Waals surface area contributed by atoms with Crippen LogP contribution in [0.3, 0.4) is 0 Å². The second-order valence-electron chi connectivity index (χ2n) is 5.63. The van der Waals surface area contributed by atoms with Gasteiger partial charge in [-0.25, -0.2) is 0 Å². The molecule has 0 aliphatic rings. The van der Waals surface area contributed by atoms with Gasteiger partial charge in [-0.15, -0.1) is 0 Å². The molecule has 2 N–H and O–H groups in total. The van der Waals surface area contributed by atoms with Crippen molar-refractivity contribution < 1.29 is 4.74 Å². The normalized spacial score (nSPS) is 14.6. The van der Waals surface area contributed by atoms with Crippen molar-refractivity contribution in [3.8, 4) is 5.75 Å². The molecule has 0 saturated heterocycles. The molecule has 1 aromatic rings. The zero-order valence-corrected chi connectivity index (χ0v) is 12.4. The molecule has 0 amide bonds. The number of hydrogen-bond acceptors (Lipinski definition) is 2. The second-order valence-corrected chi connectivity index (χ2v) is 5.63. The van der Waals surface area contributed by atoms with Gasteiger partial charge in [-0.2, -0.15) is 0 Å². The number of nitrogens with two attached hydrogens (primary N) is 1. The molecule has 0 fully saturated rings. The molecule has 1 atom stereocenters. The van der Waals surface area contributed by atoms with Gasteiger partial charge in [-0.05, 0) is 24.0 Å². The fraction of sp³-hybridized carbons (Fsp3) is 0.625. The minimum atomic E-state index is 0.00495. The highest BCUT2D eigenvalue weighted by atomic mass is 16.5. The van der Waals surface area contributed by atoms with Crippen molar-refractivity contribution in [1.29, 1.82) is 0 Å². The Morgan fingerprint density at radius 1 is 1.33 bits per heavy atom. The molecular formula is C16H27NO. The maximum absolute atomic E-state index is 6.02. The van der Waals surface area contributed by atoms with Crippen LogP contribution in [0.1, 0.15) is 57.6 Å². The molecule has 0 saturated carbocycles. The summed E-state index contributed by atoms with van der Waals surface area (Å²) in [5.41, 5.74) is 8.62. The van der Waals surface area contributed by atoms with Gasteiger partial charge in [-0.1, -0.05) is 46.2 Å². The van der Waals surface area contributed by atoms with E-state index in [1.165, 1.54) is 11.1 Å². The molecule has 0 bridgehead atoms. The van der Waals surface area contributed by atoms with Crippen LogP contribution in [0.4, 0.5) is 0 Å². The Morgan fingerprint density at radius 2 is 2.00 bits per heavy atom. The summed E-state index contributed by atoms with van der Waals surface area (Å²) in [5, 5.41) is 0. The SMILES string of the molecule is CCCC(C)(CN)c1cc(C(C)C)ccc1OC. The standard InChI is InChI=1S/C16H27NO/c1-6-9-16(4,11-17)14-10-13(12(2)3)7-8-15(14)18-5/h7-8,10,12H,6,9,11,17H2,1-5H3. The Bertz CT molecular complexity index is 387. The minimum absolute atomic E-state index is 0.00495. The van der Waals surface area contributed by atoms with Crippen molar-refractivity contribution in [2.45, 2.75) is 51.9 Å². The van der Waals surface area contributed by atoms with Crippen molar-refractivity contribution in [2.75, 3.05) is 13.7 Å². The van der Waals surface area contributed by atoms with E-state index >= 15 is 0 Å². The van der Waals surface area contributed by atoms with Crippen LogP contribution in [0.2, 0.25) is 0 Å². The summed E-state index contributed by atoms with van der Waals surface area (Å²) in [7, 11) is 1.73. The lowest BCUT2D eigenvalue weighted by Crippen LogP contribution is -2.32. The third kappa shape index (κ3) is 3.05. The lowest BCUT2D eigenvalue weighted by molar-refractivity contribution is 0.374. The first-order valence-electron chi connectivity index (χ1n) is 6.87. The molecule has 0 aliphatic carbocycles. The molecule has 1 rings (SSSR count). The van der Waals surface area contributed by atoms with E-state index in [-0.39, 0.29) is 5.41 Å². The first kappa shape index (κ1) is 15.0. The predicted molar refractivity (Wildman–Crippen MR) is 78.4 cm³/mol. The van der Waals surface area contributed by atoms with Gasteiger partial charge in [0.05, 0.1) is 7.11 Å². The van der Waals surface area contributed by atoms with E-state index in [1.54, 1.807) is 7.11 Å². The number of benzene rings is 1. The summed E-state index contributed by atoms with van der Waals surface area (Å²) >= 11 is 0. The van der Waals surface area contributed by atoms with E-state index in [4.69, 9.17) is 10.5 Å². The molecule has 0 aliphatic heterocycles. The average molecular weight is 249 g/mol. The van der Waals surface area contributed by atoms with E-state index < -0.39 is 0 Å². The molecular weight excluding hydrogens is 222 g/mol. The fourth-order valence-electron chi connectivity index (χ4n) is 2.45. The Balaban J connectivity index is 3.29.